The number of anilines is 1. The van der Waals surface area contributed by atoms with Gasteiger partial charge in [0.25, 0.3) is 0 Å². The number of amides is 1. The summed E-state index contributed by atoms with van der Waals surface area (Å²) in [6.45, 7) is 4.88. The highest BCUT2D eigenvalue weighted by molar-refractivity contribution is 7.15. The molecular weight excluding hydrogens is 320 g/mol. The number of benzene rings is 1. The molecule has 2 aromatic heterocycles. The third-order valence-corrected chi connectivity index (χ3v) is 5.10. The molecule has 0 radical (unpaired) electrons. The fraction of sp³-hybridized carbons (Fsp3) is 0.389. The number of para-hydroxylation sites is 2. The number of thiazole rings is 1. The van der Waals surface area contributed by atoms with Crippen LogP contribution >= 0.6 is 11.3 Å². The van der Waals surface area contributed by atoms with Crippen LogP contribution in [0.3, 0.4) is 0 Å². The molecule has 1 amide bonds. The van der Waals surface area contributed by atoms with E-state index in [-0.39, 0.29) is 5.91 Å². The lowest BCUT2D eigenvalue weighted by Gasteiger charge is -2.04. The summed E-state index contributed by atoms with van der Waals surface area (Å²) in [7, 11) is 0. The van der Waals surface area contributed by atoms with Gasteiger partial charge in [0.05, 0.1) is 23.1 Å². The van der Waals surface area contributed by atoms with Crippen molar-refractivity contribution in [3.8, 4) is 0 Å². The molecule has 0 aliphatic heterocycles. The molecule has 0 saturated heterocycles. The molecule has 5 nitrogen and oxygen atoms in total. The lowest BCUT2D eigenvalue weighted by atomic mass is 10.2. The lowest BCUT2D eigenvalue weighted by molar-refractivity contribution is -0.116. The number of nitrogens with zero attached hydrogens (tertiary/aromatic N) is 3. The molecule has 0 aliphatic rings. The van der Waals surface area contributed by atoms with Crippen molar-refractivity contribution in [2.24, 2.45) is 0 Å². The molecule has 0 atom stereocenters. The number of aromatic nitrogens is 3. The first-order chi connectivity index (χ1) is 11.7. The summed E-state index contributed by atoms with van der Waals surface area (Å²) in [5.74, 6) is -0.00719. The molecule has 1 aromatic carbocycles. The first-order valence-corrected chi connectivity index (χ1v) is 9.21. The van der Waals surface area contributed by atoms with Gasteiger partial charge in [-0.25, -0.2) is 9.97 Å². The van der Waals surface area contributed by atoms with E-state index in [1.807, 2.05) is 28.8 Å². The summed E-state index contributed by atoms with van der Waals surface area (Å²) < 4.78 is 2.01. The smallest absolute Gasteiger partial charge is 0.227 e. The minimum absolute atomic E-state index is 0.00719. The zero-order valence-electron chi connectivity index (χ0n) is 14.1. The van der Waals surface area contributed by atoms with E-state index in [0.717, 1.165) is 41.1 Å². The Balaban J connectivity index is 1.61. The third kappa shape index (κ3) is 3.64. The largest absolute Gasteiger partial charge is 0.330 e. The number of rotatable bonds is 7. The summed E-state index contributed by atoms with van der Waals surface area (Å²) in [6, 6.07) is 7.94. The Bertz CT molecular complexity index is 837. The topological polar surface area (TPSA) is 59.8 Å². The fourth-order valence-corrected chi connectivity index (χ4v) is 3.70. The minimum Gasteiger partial charge on any atom is -0.330 e. The highest BCUT2D eigenvalue weighted by Crippen LogP contribution is 2.24. The maximum Gasteiger partial charge on any atom is 0.227 e. The van der Waals surface area contributed by atoms with Crippen molar-refractivity contribution in [1.82, 2.24) is 14.5 Å². The van der Waals surface area contributed by atoms with Gasteiger partial charge < -0.3 is 9.88 Å². The van der Waals surface area contributed by atoms with Crippen LogP contribution in [0.2, 0.25) is 0 Å². The number of fused-ring (bicyclic) bond motifs is 1. The quantitative estimate of drug-likeness (QED) is 0.705. The predicted molar refractivity (Wildman–Crippen MR) is 98.5 cm³/mol. The van der Waals surface area contributed by atoms with E-state index >= 15 is 0 Å². The Kier molecular flexibility index (Phi) is 5.25. The summed E-state index contributed by atoms with van der Waals surface area (Å²) in [4.78, 5) is 22.4. The van der Waals surface area contributed by atoms with Crippen molar-refractivity contribution in [3.63, 3.8) is 0 Å². The van der Waals surface area contributed by atoms with E-state index in [4.69, 9.17) is 0 Å². The predicted octanol–water partition coefficient (Wildman–Crippen LogP) is 4.04. The average molecular weight is 342 g/mol. The molecule has 24 heavy (non-hydrogen) atoms. The van der Waals surface area contributed by atoms with Crippen LogP contribution in [-0.4, -0.2) is 20.4 Å². The monoisotopic (exact) mass is 342 g/mol. The van der Waals surface area contributed by atoms with E-state index in [9.17, 15) is 4.79 Å². The number of aryl methyl sites for hydroxylation is 3. The van der Waals surface area contributed by atoms with Gasteiger partial charge in [-0.2, -0.15) is 0 Å². The number of nitrogens with one attached hydrogen (secondary N) is 1. The van der Waals surface area contributed by atoms with Crippen molar-refractivity contribution in [2.45, 2.75) is 46.1 Å². The molecule has 0 bridgehead atoms. The van der Waals surface area contributed by atoms with Gasteiger partial charge in [0.15, 0.2) is 5.13 Å². The molecule has 3 rings (SSSR count). The Labute approximate surface area is 145 Å². The first-order valence-electron chi connectivity index (χ1n) is 8.39. The van der Waals surface area contributed by atoms with Crippen LogP contribution in [0.15, 0.2) is 30.6 Å². The van der Waals surface area contributed by atoms with Crippen LogP contribution in [0.1, 0.15) is 37.3 Å². The van der Waals surface area contributed by atoms with E-state index in [0.29, 0.717) is 13.0 Å². The van der Waals surface area contributed by atoms with Crippen molar-refractivity contribution < 1.29 is 4.79 Å². The summed E-state index contributed by atoms with van der Waals surface area (Å²) in [5, 5.41) is 3.66. The number of imidazole rings is 1. The average Bonchev–Trinajstić information content (AvgIpc) is 3.17. The van der Waals surface area contributed by atoms with Gasteiger partial charge in [0, 0.05) is 17.8 Å². The Hall–Kier alpha value is -2.21. The molecule has 0 unspecified atom stereocenters. The van der Waals surface area contributed by atoms with Crippen molar-refractivity contribution in [3.05, 3.63) is 41.2 Å². The second kappa shape index (κ2) is 7.57. The first kappa shape index (κ1) is 16.6. The second-order valence-corrected chi connectivity index (χ2v) is 6.80. The number of carbonyl (C=O) groups is 1. The molecule has 2 heterocycles. The number of hydrogen-bond acceptors (Lipinski definition) is 4. The standard InChI is InChI=1S/C18H22N4OS/c1-3-7-14-16(4-2)24-18(20-14)21-17(23)10-11-22-12-19-13-8-5-6-9-15(13)22/h5-6,8-9,12H,3-4,7,10-11H2,1-2H3,(H,20,21,23). The number of carbonyl (C=O) groups excluding carboxylic acids is 1. The van der Waals surface area contributed by atoms with Gasteiger partial charge in [-0.05, 0) is 25.0 Å². The zero-order chi connectivity index (χ0) is 16.9. The molecule has 3 aromatic rings. The maximum absolute atomic E-state index is 12.2. The lowest BCUT2D eigenvalue weighted by Crippen LogP contribution is -2.14. The summed E-state index contributed by atoms with van der Waals surface area (Å²) >= 11 is 1.59. The van der Waals surface area contributed by atoms with Gasteiger partial charge in [0.2, 0.25) is 5.91 Å². The third-order valence-electron chi connectivity index (χ3n) is 3.94. The van der Waals surface area contributed by atoms with Crippen molar-refractivity contribution in [1.29, 1.82) is 0 Å². The van der Waals surface area contributed by atoms with Crippen LogP contribution in [0.5, 0.6) is 0 Å². The summed E-state index contributed by atoms with van der Waals surface area (Å²) in [5.41, 5.74) is 3.13. The van der Waals surface area contributed by atoms with Gasteiger partial charge in [-0.1, -0.05) is 32.4 Å². The second-order valence-electron chi connectivity index (χ2n) is 5.72. The highest BCUT2D eigenvalue weighted by atomic mass is 32.1. The van der Waals surface area contributed by atoms with Crippen LogP contribution in [0.25, 0.3) is 11.0 Å². The molecule has 6 heteroatoms. The highest BCUT2D eigenvalue weighted by Gasteiger charge is 2.12. The Morgan fingerprint density at radius 2 is 2.12 bits per heavy atom. The zero-order valence-corrected chi connectivity index (χ0v) is 14.9. The molecule has 1 N–H and O–H groups in total. The van der Waals surface area contributed by atoms with Crippen molar-refractivity contribution >= 4 is 33.4 Å². The van der Waals surface area contributed by atoms with E-state index in [1.54, 1.807) is 17.7 Å². The van der Waals surface area contributed by atoms with Gasteiger partial charge in [0.1, 0.15) is 0 Å². The molecule has 0 fully saturated rings. The molecule has 126 valence electrons. The van der Waals surface area contributed by atoms with E-state index in [1.165, 1.54) is 4.88 Å². The van der Waals surface area contributed by atoms with Crippen LogP contribution in [0, 0.1) is 0 Å². The Morgan fingerprint density at radius 1 is 1.29 bits per heavy atom. The minimum atomic E-state index is -0.00719. The summed E-state index contributed by atoms with van der Waals surface area (Å²) in [6.07, 6.45) is 5.19. The van der Waals surface area contributed by atoms with E-state index in [2.05, 4.69) is 29.1 Å². The fourth-order valence-electron chi connectivity index (χ4n) is 2.74. The molecule has 0 saturated carbocycles. The maximum atomic E-state index is 12.2. The molecular formula is C18H22N4OS. The van der Waals surface area contributed by atoms with Crippen LogP contribution in [-0.2, 0) is 24.2 Å². The van der Waals surface area contributed by atoms with Gasteiger partial charge >= 0.3 is 0 Å². The van der Waals surface area contributed by atoms with Gasteiger partial charge in [-0.15, -0.1) is 11.3 Å². The van der Waals surface area contributed by atoms with Crippen molar-refractivity contribution in [2.75, 3.05) is 5.32 Å². The number of hydrogen-bond donors (Lipinski definition) is 1. The Morgan fingerprint density at radius 3 is 2.92 bits per heavy atom. The van der Waals surface area contributed by atoms with Crippen LogP contribution < -0.4 is 5.32 Å². The SMILES string of the molecule is CCCc1nc(NC(=O)CCn2cnc3ccccc32)sc1CC. The van der Waals surface area contributed by atoms with Gasteiger partial charge in [-0.3, -0.25) is 4.79 Å². The molecule has 0 spiro atoms. The van der Waals surface area contributed by atoms with E-state index < -0.39 is 0 Å². The molecule has 0 aliphatic carbocycles. The normalized spacial score (nSPS) is 11.1. The van der Waals surface area contributed by atoms with Crippen LogP contribution in [0.4, 0.5) is 5.13 Å².